The van der Waals surface area contributed by atoms with Gasteiger partial charge in [-0.25, -0.2) is 0 Å². The maximum atomic E-state index is 11.7. The highest BCUT2D eigenvalue weighted by Crippen LogP contribution is 2.20. The summed E-state index contributed by atoms with van der Waals surface area (Å²) >= 11 is 6.32. The van der Waals surface area contributed by atoms with Gasteiger partial charge >= 0.3 is 0 Å². The summed E-state index contributed by atoms with van der Waals surface area (Å²) in [6.07, 6.45) is 1.92. The molecule has 0 fully saturated rings. The molecule has 0 spiro atoms. The minimum atomic E-state index is -0.859. The molecular formula is C10H14BrNO2S2. The fraction of sp³-hybridized carbons (Fsp3) is 0.500. The Morgan fingerprint density at radius 2 is 2.44 bits per heavy atom. The molecular weight excluding hydrogens is 310 g/mol. The molecule has 1 aromatic rings. The molecule has 1 amide bonds. The number of carbonyl (C=O) groups excluding carboxylic acids is 1. The van der Waals surface area contributed by atoms with Crippen LogP contribution in [0.25, 0.3) is 0 Å². The molecule has 0 aromatic carbocycles. The Morgan fingerprint density at radius 3 is 2.94 bits per heavy atom. The number of rotatable bonds is 5. The van der Waals surface area contributed by atoms with Gasteiger partial charge in [0.2, 0.25) is 0 Å². The maximum Gasteiger partial charge on any atom is 0.252 e. The molecule has 1 unspecified atom stereocenters. The largest absolute Gasteiger partial charge is 0.387 e. The van der Waals surface area contributed by atoms with Crippen molar-refractivity contribution in [3.05, 3.63) is 20.8 Å². The smallest absolute Gasteiger partial charge is 0.252 e. The summed E-state index contributed by atoms with van der Waals surface area (Å²) in [5, 5.41) is 14.4. The number of nitrogens with one attached hydrogen (secondary N) is 1. The van der Waals surface area contributed by atoms with Gasteiger partial charge < -0.3 is 10.4 Å². The molecule has 0 saturated heterocycles. The van der Waals surface area contributed by atoms with Crippen LogP contribution in [0.1, 0.15) is 17.3 Å². The van der Waals surface area contributed by atoms with Gasteiger partial charge in [0.15, 0.2) is 0 Å². The van der Waals surface area contributed by atoms with Crippen molar-refractivity contribution >= 4 is 44.9 Å². The number of amides is 1. The highest BCUT2D eigenvalue weighted by Gasteiger charge is 2.20. The van der Waals surface area contributed by atoms with E-state index in [-0.39, 0.29) is 12.5 Å². The SMILES string of the molecule is CSCC(C)(O)CNC(=O)c1csc(Br)c1. The van der Waals surface area contributed by atoms with Crippen molar-refractivity contribution in [1.82, 2.24) is 5.32 Å². The van der Waals surface area contributed by atoms with Gasteiger partial charge in [-0.05, 0) is 35.2 Å². The number of hydrogen-bond acceptors (Lipinski definition) is 4. The molecule has 0 saturated carbocycles. The van der Waals surface area contributed by atoms with Crippen molar-refractivity contribution in [2.24, 2.45) is 0 Å². The zero-order valence-corrected chi connectivity index (χ0v) is 12.3. The second-order valence-electron chi connectivity index (χ2n) is 3.75. The lowest BCUT2D eigenvalue weighted by molar-refractivity contribution is 0.0725. The minimum Gasteiger partial charge on any atom is -0.387 e. The molecule has 0 aliphatic carbocycles. The van der Waals surface area contributed by atoms with E-state index in [2.05, 4.69) is 21.2 Å². The topological polar surface area (TPSA) is 49.3 Å². The van der Waals surface area contributed by atoms with Crippen LogP contribution in [0.4, 0.5) is 0 Å². The quantitative estimate of drug-likeness (QED) is 0.874. The van der Waals surface area contributed by atoms with Crippen LogP contribution >= 0.6 is 39.0 Å². The summed E-state index contributed by atoms with van der Waals surface area (Å²) in [6.45, 7) is 1.98. The average molecular weight is 324 g/mol. The van der Waals surface area contributed by atoms with Crippen LogP contribution in [0.3, 0.4) is 0 Å². The molecule has 0 bridgehead atoms. The summed E-state index contributed by atoms with van der Waals surface area (Å²) in [7, 11) is 0. The molecule has 0 radical (unpaired) electrons. The van der Waals surface area contributed by atoms with Gasteiger partial charge in [0, 0.05) is 17.7 Å². The third-order valence-corrected chi connectivity index (χ3v) is 4.33. The highest BCUT2D eigenvalue weighted by molar-refractivity contribution is 9.11. The first-order valence-corrected chi connectivity index (χ1v) is 7.75. The third kappa shape index (κ3) is 4.45. The Labute approximate surface area is 112 Å². The second-order valence-corrected chi connectivity index (χ2v) is 6.91. The van der Waals surface area contributed by atoms with E-state index in [1.165, 1.54) is 11.3 Å². The fourth-order valence-electron chi connectivity index (χ4n) is 1.16. The Bertz CT molecular complexity index is 365. The highest BCUT2D eigenvalue weighted by atomic mass is 79.9. The number of hydrogen-bond donors (Lipinski definition) is 2. The molecule has 1 aromatic heterocycles. The van der Waals surface area contributed by atoms with Crippen molar-refractivity contribution in [1.29, 1.82) is 0 Å². The summed E-state index contributed by atoms with van der Waals surface area (Å²) in [6, 6.07) is 1.77. The molecule has 16 heavy (non-hydrogen) atoms. The third-order valence-electron chi connectivity index (χ3n) is 1.91. The maximum absolute atomic E-state index is 11.7. The van der Waals surface area contributed by atoms with Crippen molar-refractivity contribution in [3.63, 3.8) is 0 Å². The predicted molar refractivity (Wildman–Crippen MR) is 73.4 cm³/mol. The summed E-state index contributed by atoms with van der Waals surface area (Å²) in [5.41, 5.74) is -0.237. The van der Waals surface area contributed by atoms with Crippen LogP contribution in [-0.4, -0.2) is 35.2 Å². The minimum absolute atomic E-state index is 0.150. The average Bonchev–Trinajstić information content (AvgIpc) is 2.61. The molecule has 1 rings (SSSR count). The Morgan fingerprint density at radius 1 is 1.75 bits per heavy atom. The summed E-state index contributed by atoms with van der Waals surface area (Å²) in [5.74, 6) is 0.448. The molecule has 0 aliphatic heterocycles. The van der Waals surface area contributed by atoms with E-state index in [0.717, 1.165) is 3.79 Å². The van der Waals surface area contributed by atoms with E-state index >= 15 is 0 Å². The van der Waals surface area contributed by atoms with Crippen LogP contribution in [0, 0.1) is 0 Å². The van der Waals surface area contributed by atoms with Gasteiger partial charge in [-0.15, -0.1) is 11.3 Å². The van der Waals surface area contributed by atoms with Crippen LogP contribution in [0.5, 0.6) is 0 Å². The molecule has 2 N–H and O–H groups in total. The van der Waals surface area contributed by atoms with E-state index in [0.29, 0.717) is 11.3 Å². The first kappa shape index (κ1) is 14.0. The van der Waals surface area contributed by atoms with Gasteiger partial charge in [0.1, 0.15) is 0 Å². The van der Waals surface area contributed by atoms with Crippen LogP contribution < -0.4 is 5.32 Å². The first-order chi connectivity index (χ1) is 7.44. The van der Waals surface area contributed by atoms with E-state index in [1.54, 1.807) is 30.1 Å². The Balaban J connectivity index is 2.47. The number of halogens is 1. The number of thioether (sulfide) groups is 1. The summed E-state index contributed by atoms with van der Waals surface area (Å²) in [4.78, 5) is 11.7. The van der Waals surface area contributed by atoms with Crippen molar-refractivity contribution in [2.45, 2.75) is 12.5 Å². The molecule has 1 atom stereocenters. The lowest BCUT2D eigenvalue weighted by atomic mass is 10.1. The number of carbonyl (C=O) groups is 1. The van der Waals surface area contributed by atoms with Gasteiger partial charge in [-0.1, -0.05) is 0 Å². The predicted octanol–water partition coefficient (Wildman–Crippen LogP) is 2.35. The molecule has 90 valence electrons. The standard InChI is InChI=1S/C10H14BrNO2S2/c1-10(14,6-15-2)5-12-9(13)7-3-8(11)16-4-7/h3-4,14H,5-6H2,1-2H3,(H,12,13). The summed E-state index contributed by atoms with van der Waals surface area (Å²) < 4.78 is 0.925. The lowest BCUT2D eigenvalue weighted by Gasteiger charge is -2.22. The zero-order valence-electron chi connectivity index (χ0n) is 9.12. The van der Waals surface area contributed by atoms with E-state index in [9.17, 15) is 9.90 Å². The monoisotopic (exact) mass is 323 g/mol. The normalized spacial score (nSPS) is 14.5. The fourth-order valence-corrected chi connectivity index (χ4v) is 3.02. The second kappa shape index (κ2) is 6.05. The Hall–Kier alpha value is -0.0400. The van der Waals surface area contributed by atoms with Crippen LogP contribution in [0.15, 0.2) is 15.2 Å². The van der Waals surface area contributed by atoms with Gasteiger partial charge in [-0.2, -0.15) is 11.8 Å². The molecule has 1 heterocycles. The zero-order chi connectivity index (χ0) is 12.2. The van der Waals surface area contributed by atoms with E-state index in [1.807, 2.05) is 6.26 Å². The van der Waals surface area contributed by atoms with Gasteiger partial charge in [-0.3, -0.25) is 4.79 Å². The van der Waals surface area contributed by atoms with Crippen molar-refractivity contribution in [3.8, 4) is 0 Å². The van der Waals surface area contributed by atoms with E-state index in [4.69, 9.17) is 0 Å². The van der Waals surface area contributed by atoms with Crippen molar-refractivity contribution < 1.29 is 9.90 Å². The van der Waals surface area contributed by atoms with Crippen LogP contribution in [-0.2, 0) is 0 Å². The molecule has 3 nitrogen and oxygen atoms in total. The lowest BCUT2D eigenvalue weighted by Crippen LogP contribution is -2.42. The van der Waals surface area contributed by atoms with Gasteiger partial charge in [0.05, 0.1) is 15.0 Å². The Kier molecular flexibility index (Phi) is 5.30. The number of thiophene rings is 1. The molecule has 0 aliphatic rings. The van der Waals surface area contributed by atoms with E-state index < -0.39 is 5.60 Å². The first-order valence-electron chi connectivity index (χ1n) is 4.68. The van der Waals surface area contributed by atoms with Gasteiger partial charge in [0.25, 0.3) is 5.91 Å². The number of aliphatic hydroxyl groups is 1. The molecule has 6 heteroatoms. The van der Waals surface area contributed by atoms with Crippen molar-refractivity contribution in [2.75, 3.05) is 18.6 Å². The van der Waals surface area contributed by atoms with Crippen LogP contribution in [0.2, 0.25) is 0 Å².